The molecule has 2 aromatic heterocycles. The number of ether oxygens (including phenoxy) is 1. The minimum Gasteiger partial charge on any atom is -0.467 e. The van der Waals surface area contributed by atoms with Crippen LogP contribution in [0.25, 0.3) is 10.9 Å². The topological polar surface area (TPSA) is 103 Å². The second-order valence-corrected chi connectivity index (χ2v) is 7.54. The van der Waals surface area contributed by atoms with Crippen LogP contribution in [0.2, 0.25) is 0 Å². The molecular formula is C20H21N3O5S. The molecule has 152 valence electrons. The SMILES string of the molecule is COC(=O)c1ccc2c(=O)n(Cc3ccco3)c(SCC(=O)NC(C)C)nc2c1. The van der Waals surface area contributed by atoms with Gasteiger partial charge in [0.2, 0.25) is 5.91 Å². The Labute approximate surface area is 171 Å². The third-order valence-electron chi connectivity index (χ3n) is 4.02. The van der Waals surface area contributed by atoms with Crippen LogP contribution in [0.15, 0.2) is 51.0 Å². The van der Waals surface area contributed by atoms with Crippen LogP contribution in [0.4, 0.5) is 0 Å². The molecule has 1 N–H and O–H groups in total. The summed E-state index contributed by atoms with van der Waals surface area (Å²) in [7, 11) is 1.29. The van der Waals surface area contributed by atoms with Gasteiger partial charge in [-0.05, 0) is 44.2 Å². The van der Waals surface area contributed by atoms with E-state index < -0.39 is 5.97 Å². The largest absolute Gasteiger partial charge is 0.467 e. The number of hydrogen-bond acceptors (Lipinski definition) is 7. The lowest BCUT2D eigenvalue weighted by Gasteiger charge is -2.13. The monoisotopic (exact) mass is 415 g/mol. The molecule has 0 radical (unpaired) electrons. The van der Waals surface area contributed by atoms with Gasteiger partial charge in [-0.15, -0.1) is 0 Å². The molecule has 0 aliphatic rings. The molecule has 3 rings (SSSR count). The van der Waals surface area contributed by atoms with Crippen LogP contribution in [0.1, 0.15) is 30.0 Å². The van der Waals surface area contributed by atoms with Crippen LogP contribution in [-0.2, 0) is 16.1 Å². The summed E-state index contributed by atoms with van der Waals surface area (Å²) in [5, 5.41) is 3.53. The highest BCUT2D eigenvalue weighted by atomic mass is 32.2. The maximum absolute atomic E-state index is 13.1. The van der Waals surface area contributed by atoms with Crippen LogP contribution in [0, 0.1) is 0 Å². The van der Waals surface area contributed by atoms with Crippen molar-refractivity contribution < 1.29 is 18.7 Å². The molecule has 29 heavy (non-hydrogen) atoms. The van der Waals surface area contributed by atoms with Gasteiger partial charge in [0.1, 0.15) is 5.76 Å². The average molecular weight is 415 g/mol. The van der Waals surface area contributed by atoms with E-state index in [-0.39, 0.29) is 29.8 Å². The number of aromatic nitrogens is 2. The Balaban J connectivity index is 2.04. The summed E-state index contributed by atoms with van der Waals surface area (Å²) < 4.78 is 11.6. The summed E-state index contributed by atoms with van der Waals surface area (Å²) >= 11 is 1.15. The van der Waals surface area contributed by atoms with Gasteiger partial charge in [-0.1, -0.05) is 11.8 Å². The Kier molecular flexibility index (Phi) is 6.38. The first-order valence-corrected chi connectivity index (χ1v) is 9.95. The molecule has 9 heteroatoms. The lowest BCUT2D eigenvalue weighted by atomic mass is 10.1. The maximum atomic E-state index is 13.1. The van der Waals surface area contributed by atoms with E-state index in [1.165, 1.54) is 30.1 Å². The average Bonchev–Trinajstić information content (AvgIpc) is 3.20. The van der Waals surface area contributed by atoms with E-state index in [1.54, 1.807) is 18.2 Å². The summed E-state index contributed by atoms with van der Waals surface area (Å²) in [6, 6.07) is 8.10. The highest BCUT2D eigenvalue weighted by Crippen LogP contribution is 2.20. The number of nitrogens with one attached hydrogen (secondary N) is 1. The molecule has 3 aromatic rings. The predicted octanol–water partition coefficient (Wildman–Crippen LogP) is 2.44. The zero-order valence-corrected chi connectivity index (χ0v) is 17.1. The Hall–Kier alpha value is -3.07. The number of benzene rings is 1. The number of methoxy groups -OCH3 is 1. The predicted molar refractivity (Wildman–Crippen MR) is 109 cm³/mol. The van der Waals surface area contributed by atoms with Crippen molar-refractivity contribution >= 4 is 34.5 Å². The lowest BCUT2D eigenvalue weighted by molar-refractivity contribution is -0.119. The second-order valence-electron chi connectivity index (χ2n) is 6.60. The number of carbonyl (C=O) groups is 2. The van der Waals surface area contributed by atoms with Gasteiger partial charge >= 0.3 is 5.97 Å². The van der Waals surface area contributed by atoms with Crippen LogP contribution in [-0.4, -0.2) is 40.3 Å². The van der Waals surface area contributed by atoms with Gasteiger partial charge in [0.05, 0.1) is 42.1 Å². The molecule has 1 amide bonds. The van der Waals surface area contributed by atoms with Gasteiger partial charge in [0, 0.05) is 6.04 Å². The van der Waals surface area contributed by atoms with Crippen molar-refractivity contribution in [2.45, 2.75) is 31.6 Å². The van der Waals surface area contributed by atoms with Gasteiger partial charge < -0.3 is 14.5 Å². The molecule has 0 aliphatic heterocycles. The van der Waals surface area contributed by atoms with E-state index in [0.29, 0.717) is 27.4 Å². The second kappa shape index (κ2) is 8.95. The number of furan rings is 1. The fraction of sp³-hybridized carbons (Fsp3) is 0.300. The fourth-order valence-corrected chi connectivity index (χ4v) is 3.56. The number of amides is 1. The zero-order chi connectivity index (χ0) is 21.0. The number of carbonyl (C=O) groups excluding carboxylic acids is 2. The Bertz CT molecular complexity index is 1090. The van der Waals surface area contributed by atoms with E-state index >= 15 is 0 Å². The fourth-order valence-electron chi connectivity index (χ4n) is 2.75. The van der Waals surface area contributed by atoms with Crippen molar-refractivity contribution in [2.24, 2.45) is 0 Å². The quantitative estimate of drug-likeness (QED) is 0.359. The molecule has 8 nitrogen and oxygen atoms in total. The van der Waals surface area contributed by atoms with Crippen LogP contribution in [0.5, 0.6) is 0 Å². The van der Waals surface area contributed by atoms with Crippen molar-refractivity contribution in [3.8, 4) is 0 Å². The number of esters is 1. The van der Waals surface area contributed by atoms with Crippen molar-refractivity contribution in [1.82, 2.24) is 14.9 Å². The van der Waals surface area contributed by atoms with Crippen molar-refractivity contribution in [3.63, 3.8) is 0 Å². The van der Waals surface area contributed by atoms with Crippen LogP contribution < -0.4 is 10.9 Å². The molecule has 0 saturated heterocycles. The number of thioether (sulfide) groups is 1. The molecule has 0 fully saturated rings. The smallest absolute Gasteiger partial charge is 0.337 e. The van der Waals surface area contributed by atoms with Crippen LogP contribution in [0.3, 0.4) is 0 Å². The van der Waals surface area contributed by atoms with E-state index in [4.69, 9.17) is 9.15 Å². The summed E-state index contributed by atoms with van der Waals surface area (Å²) in [5.41, 5.74) is 0.374. The lowest BCUT2D eigenvalue weighted by Crippen LogP contribution is -2.32. The third-order valence-corrected chi connectivity index (χ3v) is 4.99. The number of fused-ring (bicyclic) bond motifs is 1. The van der Waals surface area contributed by atoms with E-state index in [2.05, 4.69) is 10.3 Å². The highest BCUT2D eigenvalue weighted by molar-refractivity contribution is 7.99. The molecule has 0 atom stereocenters. The summed E-state index contributed by atoms with van der Waals surface area (Å²) in [4.78, 5) is 41.5. The van der Waals surface area contributed by atoms with E-state index in [9.17, 15) is 14.4 Å². The molecule has 0 spiro atoms. The first kappa shape index (κ1) is 20.7. The third kappa shape index (κ3) is 4.86. The number of hydrogen-bond donors (Lipinski definition) is 1. The first-order chi connectivity index (χ1) is 13.9. The maximum Gasteiger partial charge on any atom is 0.337 e. The standard InChI is InChI=1S/C20H21N3O5S/c1-12(2)21-17(24)11-29-20-22-16-9-13(19(26)27-3)6-7-15(16)18(25)23(20)10-14-5-4-8-28-14/h4-9,12H,10-11H2,1-3H3,(H,21,24). The number of rotatable bonds is 7. The molecule has 1 aromatic carbocycles. The molecular weight excluding hydrogens is 394 g/mol. The Morgan fingerprint density at radius 3 is 2.76 bits per heavy atom. The van der Waals surface area contributed by atoms with E-state index in [1.807, 2.05) is 13.8 Å². The van der Waals surface area contributed by atoms with Crippen LogP contribution >= 0.6 is 11.8 Å². The Morgan fingerprint density at radius 2 is 2.10 bits per heavy atom. The molecule has 2 heterocycles. The van der Waals surface area contributed by atoms with E-state index in [0.717, 1.165) is 11.8 Å². The van der Waals surface area contributed by atoms with Gasteiger partial charge in [-0.3, -0.25) is 14.2 Å². The molecule has 0 bridgehead atoms. The molecule has 0 aliphatic carbocycles. The van der Waals surface area contributed by atoms with Crippen molar-refractivity contribution in [3.05, 3.63) is 58.3 Å². The molecule has 0 saturated carbocycles. The number of nitrogens with zero attached hydrogens (tertiary/aromatic N) is 2. The first-order valence-electron chi connectivity index (χ1n) is 8.96. The van der Waals surface area contributed by atoms with Crippen molar-refractivity contribution in [2.75, 3.05) is 12.9 Å². The summed E-state index contributed by atoms with van der Waals surface area (Å²) in [6.07, 6.45) is 1.53. The van der Waals surface area contributed by atoms with Gasteiger partial charge in [0.25, 0.3) is 5.56 Å². The Morgan fingerprint density at radius 1 is 1.31 bits per heavy atom. The molecule has 0 unspecified atom stereocenters. The minimum absolute atomic E-state index is 0.0144. The van der Waals surface area contributed by atoms with Gasteiger partial charge in [-0.2, -0.15) is 0 Å². The van der Waals surface area contributed by atoms with Crippen molar-refractivity contribution in [1.29, 1.82) is 0 Å². The van der Waals surface area contributed by atoms with Gasteiger partial charge in [0.15, 0.2) is 5.16 Å². The highest BCUT2D eigenvalue weighted by Gasteiger charge is 2.16. The zero-order valence-electron chi connectivity index (χ0n) is 16.3. The minimum atomic E-state index is -0.515. The summed E-state index contributed by atoms with van der Waals surface area (Å²) in [5.74, 6) is 0.0180. The normalized spacial score (nSPS) is 11.0. The van der Waals surface area contributed by atoms with Gasteiger partial charge in [-0.25, -0.2) is 9.78 Å². The summed E-state index contributed by atoms with van der Waals surface area (Å²) in [6.45, 7) is 3.93.